The molecule has 55 heavy (non-hydrogen) atoms. The van der Waals surface area contributed by atoms with Crippen LogP contribution in [0.25, 0.3) is 62.9 Å². The van der Waals surface area contributed by atoms with E-state index >= 15 is 0 Å². The average molecular weight is 797 g/mol. The van der Waals surface area contributed by atoms with Crippen molar-refractivity contribution in [1.29, 1.82) is 0 Å². The number of thiophene rings is 3. The fourth-order valence-electron chi connectivity index (χ4n) is 7.96. The van der Waals surface area contributed by atoms with Crippen LogP contribution in [-0.4, -0.2) is 43.7 Å². The van der Waals surface area contributed by atoms with E-state index in [1.54, 1.807) is 31.5 Å². The number of aromatic nitrogens is 4. The lowest BCUT2D eigenvalue weighted by Gasteiger charge is -2.05. The molecule has 0 saturated carbocycles. The predicted octanol–water partition coefficient (Wildman–Crippen LogP) is 9.35. The molecule has 0 bridgehead atoms. The zero-order valence-corrected chi connectivity index (χ0v) is 34.1. The molecule has 2 amide bonds. The number of carbonyl (C=O) groups excluding carboxylic acids is 2. The molecule has 0 radical (unpaired) electrons. The number of rotatable bonds is 20. The maximum absolute atomic E-state index is 14.3. The summed E-state index contributed by atoms with van der Waals surface area (Å²) >= 11 is 4.50. The van der Waals surface area contributed by atoms with Crippen LogP contribution in [0, 0.1) is 0 Å². The number of hydrogen-bond donors (Lipinski definition) is 2. The number of unbranched alkanes of at least 4 members (excludes halogenated alkanes) is 10. The Morgan fingerprint density at radius 3 is 1.67 bits per heavy atom. The molecule has 0 unspecified atom stereocenters. The topological polar surface area (TPSA) is 127 Å². The van der Waals surface area contributed by atoms with Crippen LogP contribution >= 0.6 is 34.0 Å². The van der Waals surface area contributed by atoms with Gasteiger partial charge in [-0.1, -0.05) is 78.1 Å². The molecule has 0 fully saturated rings. The van der Waals surface area contributed by atoms with E-state index in [9.17, 15) is 19.2 Å². The number of hydrogen-bond acceptors (Lipinski definition) is 9. The van der Waals surface area contributed by atoms with E-state index in [0.29, 0.717) is 60.2 Å². The standard InChI is InChI=1S/C42H48N6O4S3/c1-3-5-7-9-11-13-15-31(49)43-21-19-25-23-29-39(53-25)45-37-27-17-18-28-34-33(27)36(42(52)47(29)37)55-35(34)38-46-40-30(48(38)41(28)51)24-26(54-40)20-22-44-32(50)16-14-12-10-8-6-4-2/h17-18,23-24H,3-16,19-22H2,1-2H3,(H,43,49)(H,44,50). The summed E-state index contributed by atoms with van der Waals surface area (Å²) in [5.41, 5.74) is 2.41. The molecular weight excluding hydrogens is 749 g/mol. The number of benzene rings is 1. The largest absolute Gasteiger partial charge is 0.356 e. The van der Waals surface area contributed by atoms with Crippen molar-refractivity contribution in [2.75, 3.05) is 13.1 Å². The molecule has 0 aliphatic rings. The number of pyridine rings is 2. The van der Waals surface area contributed by atoms with Crippen LogP contribution in [0.15, 0.2) is 33.9 Å². The van der Waals surface area contributed by atoms with Gasteiger partial charge in [0.15, 0.2) is 5.65 Å². The normalized spacial score (nSPS) is 12.3. The van der Waals surface area contributed by atoms with Gasteiger partial charge in [-0.05, 0) is 49.9 Å². The van der Waals surface area contributed by atoms with Crippen LogP contribution in [0.2, 0.25) is 0 Å². The fraction of sp³-hybridized carbons (Fsp3) is 0.476. The van der Waals surface area contributed by atoms with Crippen LogP contribution in [0.3, 0.4) is 0 Å². The molecule has 0 aliphatic heterocycles. The minimum atomic E-state index is -0.149. The first-order chi connectivity index (χ1) is 26.9. The van der Waals surface area contributed by atoms with E-state index in [1.165, 1.54) is 62.7 Å². The van der Waals surface area contributed by atoms with Gasteiger partial charge < -0.3 is 10.6 Å². The summed E-state index contributed by atoms with van der Waals surface area (Å²) in [7, 11) is 0. The van der Waals surface area contributed by atoms with Crippen molar-refractivity contribution >= 4 is 109 Å². The lowest BCUT2D eigenvalue weighted by molar-refractivity contribution is -0.122. The van der Waals surface area contributed by atoms with Gasteiger partial charge in [-0.3, -0.25) is 28.0 Å². The summed E-state index contributed by atoms with van der Waals surface area (Å²) < 4.78 is 4.83. The second-order valence-electron chi connectivity index (χ2n) is 14.9. The highest BCUT2D eigenvalue weighted by Gasteiger charge is 2.26. The maximum atomic E-state index is 14.3. The quantitative estimate of drug-likeness (QED) is 0.0585. The number of nitrogens with one attached hydrogen (secondary N) is 2. The summed E-state index contributed by atoms with van der Waals surface area (Å²) in [6.07, 6.45) is 16.3. The number of imidazole rings is 2. The Morgan fingerprint density at radius 1 is 0.600 bits per heavy atom. The fourth-order valence-corrected chi connectivity index (χ4v) is 11.2. The molecule has 288 valence electrons. The Hall–Kier alpha value is -4.20. The molecular formula is C42H48N6O4S3. The minimum Gasteiger partial charge on any atom is -0.356 e. The van der Waals surface area contributed by atoms with E-state index in [2.05, 4.69) is 24.5 Å². The molecule has 0 spiro atoms. The van der Waals surface area contributed by atoms with E-state index in [-0.39, 0.29) is 22.9 Å². The molecule has 7 heterocycles. The van der Waals surface area contributed by atoms with E-state index in [0.717, 1.165) is 77.0 Å². The zero-order chi connectivity index (χ0) is 38.1. The molecule has 0 saturated heterocycles. The van der Waals surface area contributed by atoms with Crippen LogP contribution in [-0.2, 0) is 22.4 Å². The first kappa shape index (κ1) is 37.7. The molecule has 10 nitrogen and oxygen atoms in total. The molecule has 13 heteroatoms. The summed E-state index contributed by atoms with van der Waals surface area (Å²) in [5, 5.41) is 9.09. The van der Waals surface area contributed by atoms with Gasteiger partial charge in [0.2, 0.25) is 11.8 Å². The van der Waals surface area contributed by atoms with Crippen molar-refractivity contribution < 1.29 is 9.59 Å². The number of amides is 2. The predicted molar refractivity (Wildman–Crippen MR) is 229 cm³/mol. The minimum absolute atomic E-state index is 0.0907. The Balaban J connectivity index is 1.01. The Kier molecular flexibility index (Phi) is 11.3. The molecule has 0 aliphatic carbocycles. The number of carbonyl (C=O) groups is 2. The van der Waals surface area contributed by atoms with Crippen molar-refractivity contribution in [3.05, 3.63) is 54.7 Å². The third kappa shape index (κ3) is 7.31. The third-order valence-electron chi connectivity index (χ3n) is 10.8. The second kappa shape index (κ2) is 16.5. The summed E-state index contributed by atoms with van der Waals surface area (Å²) in [6.45, 7) is 5.51. The van der Waals surface area contributed by atoms with Crippen molar-refractivity contribution in [1.82, 2.24) is 29.4 Å². The lowest BCUT2D eigenvalue weighted by atomic mass is 10.0. The Bertz CT molecular complexity index is 2760. The third-order valence-corrected chi connectivity index (χ3v) is 14.2. The molecule has 8 rings (SSSR count). The highest BCUT2D eigenvalue weighted by Crippen LogP contribution is 2.43. The smallest absolute Gasteiger partial charge is 0.274 e. The van der Waals surface area contributed by atoms with Crippen LogP contribution in [0.1, 0.15) is 113 Å². The highest BCUT2D eigenvalue weighted by molar-refractivity contribution is 7.27. The number of fused-ring (bicyclic) bond motifs is 8. The van der Waals surface area contributed by atoms with Crippen molar-refractivity contribution in [3.8, 4) is 0 Å². The summed E-state index contributed by atoms with van der Waals surface area (Å²) in [6, 6.07) is 7.84. The second-order valence-corrected chi connectivity index (χ2v) is 18.1. The van der Waals surface area contributed by atoms with Crippen molar-refractivity contribution in [3.63, 3.8) is 0 Å². The number of nitrogens with zero attached hydrogens (tertiary/aromatic N) is 4. The lowest BCUT2D eigenvalue weighted by Crippen LogP contribution is -2.25. The van der Waals surface area contributed by atoms with Crippen molar-refractivity contribution in [2.24, 2.45) is 0 Å². The summed E-state index contributed by atoms with van der Waals surface area (Å²) in [5.74, 6) is 0.184. The van der Waals surface area contributed by atoms with E-state index in [1.807, 2.05) is 24.3 Å². The first-order valence-corrected chi connectivity index (χ1v) is 22.6. The Labute approximate surface area is 330 Å². The van der Waals surface area contributed by atoms with Gasteiger partial charge in [0.05, 0.1) is 15.7 Å². The molecule has 0 atom stereocenters. The van der Waals surface area contributed by atoms with Gasteiger partial charge in [0.25, 0.3) is 11.1 Å². The zero-order valence-electron chi connectivity index (χ0n) is 31.7. The monoisotopic (exact) mass is 796 g/mol. The van der Waals surface area contributed by atoms with E-state index in [4.69, 9.17) is 9.97 Å². The van der Waals surface area contributed by atoms with Gasteiger partial charge in [-0.2, -0.15) is 0 Å². The van der Waals surface area contributed by atoms with Crippen LogP contribution in [0.4, 0.5) is 0 Å². The van der Waals surface area contributed by atoms with Gasteiger partial charge >= 0.3 is 0 Å². The first-order valence-electron chi connectivity index (χ1n) is 20.1. The van der Waals surface area contributed by atoms with Gasteiger partial charge in [-0.25, -0.2) is 9.97 Å². The maximum Gasteiger partial charge on any atom is 0.274 e. The van der Waals surface area contributed by atoms with Gasteiger partial charge in [-0.15, -0.1) is 34.0 Å². The SMILES string of the molecule is CCCCCCCCC(=O)NCCc1cc2c(nc3c4ccc5c(=O)n6c7cc(CCNC(=O)CCCCCCCC)sc7nc6c6sc(c(=O)n23)c4c56)s1. The molecule has 1 aromatic carbocycles. The van der Waals surface area contributed by atoms with Crippen molar-refractivity contribution in [2.45, 2.75) is 117 Å². The molecule has 2 N–H and O–H groups in total. The molecule has 8 aromatic rings. The van der Waals surface area contributed by atoms with Gasteiger partial charge in [0, 0.05) is 57.2 Å². The molecule has 7 aromatic heterocycles. The average Bonchev–Trinajstić information content (AvgIpc) is 3.99. The van der Waals surface area contributed by atoms with E-state index < -0.39 is 0 Å². The van der Waals surface area contributed by atoms with Gasteiger partial charge in [0.1, 0.15) is 20.0 Å². The highest BCUT2D eigenvalue weighted by atomic mass is 32.1. The summed E-state index contributed by atoms with van der Waals surface area (Å²) in [4.78, 5) is 66.8. The van der Waals surface area contributed by atoms with Crippen LogP contribution < -0.4 is 21.8 Å². The van der Waals surface area contributed by atoms with Crippen LogP contribution in [0.5, 0.6) is 0 Å². The Morgan fingerprint density at radius 2 is 1.09 bits per heavy atom.